The Hall–Kier alpha value is -2.11. The molecule has 0 aliphatic carbocycles. The highest BCUT2D eigenvalue weighted by Gasteiger charge is 2.34. The molecule has 1 saturated heterocycles. The molecular weight excluding hydrogens is 292 g/mol. The summed E-state index contributed by atoms with van der Waals surface area (Å²) in [5.74, 6) is -0.190. The van der Waals surface area contributed by atoms with Gasteiger partial charge in [-0.05, 0) is 24.6 Å². The van der Waals surface area contributed by atoms with Crippen LogP contribution in [-0.2, 0) is 14.8 Å². The first-order valence-corrected chi connectivity index (χ1v) is 7.85. The number of anilines is 1. The Bertz CT molecular complexity index is 709. The molecule has 0 radical (unpaired) electrons. The second-order valence-electron chi connectivity index (χ2n) is 4.92. The van der Waals surface area contributed by atoms with E-state index in [2.05, 4.69) is 5.32 Å². The van der Waals surface area contributed by atoms with Gasteiger partial charge in [0.25, 0.3) is 0 Å². The van der Waals surface area contributed by atoms with Crippen molar-refractivity contribution in [3.05, 3.63) is 23.8 Å². The second kappa shape index (κ2) is 5.71. The Morgan fingerprint density at radius 3 is 2.86 bits per heavy atom. The molecule has 112 valence electrons. The Kier molecular flexibility index (Phi) is 4.16. The van der Waals surface area contributed by atoms with Crippen molar-refractivity contribution in [1.82, 2.24) is 9.62 Å². The number of carbonyl (C=O) groups excluding carboxylic acids is 1. The van der Waals surface area contributed by atoms with Crippen molar-refractivity contribution < 1.29 is 13.2 Å². The van der Waals surface area contributed by atoms with E-state index in [0.717, 1.165) is 0 Å². The number of benzene rings is 1. The average Bonchev–Trinajstić information content (AvgIpc) is 2.86. The minimum absolute atomic E-state index is 0.0259. The van der Waals surface area contributed by atoms with Gasteiger partial charge in [0.15, 0.2) is 0 Å². The van der Waals surface area contributed by atoms with Crippen molar-refractivity contribution in [2.24, 2.45) is 0 Å². The maximum atomic E-state index is 12.6. The molecule has 1 aromatic rings. The lowest BCUT2D eigenvalue weighted by Crippen LogP contribution is -2.37. The minimum atomic E-state index is -3.76. The fraction of sp³-hybridized carbons (Fsp3) is 0.385. The van der Waals surface area contributed by atoms with Gasteiger partial charge in [-0.2, -0.15) is 9.57 Å². The number of sulfonamides is 1. The molecule has 2 rings (SSSR count). The zero-order chi connectivity index (χ0) is 15.6. The van der Waals surface area contributed by atoms with Crippen LogP contribution in [0.2, 0.25) is 0 Å². The van der Waals surface area contributed by atoms with Crippen molar-refractivity contribution in [1.29, 1.82) is 5.26 Å². The van der Waals surface area contributed by atoms with Gasteiger partial charge in [-0.3, -0.25) is 4.79 Å². The van der Waals surface area contributed by atoms with Gasteiger partial charge in [0.05, 0.1) is 5.56 Å². The molecule has 1 heterocycles. The van der Waals surface area contributed by atoms with Gasteiger partial charge in [-0.25, -0.2) is 8.42 Å². The molecule has 21 heavy (non-hydrogen) atoms. The van der Waals surface area contributed by atoms with E-state index >= 15 is 0 Å². The number of nitriles is 1. The largest absolute Gasteiger partial charge is 0.399 e. The summed E-state index contributed by atoms with van der Waals surface area (Å²) in [6.07, 6.45) is 0.551. The smallest absolute Gasteiger partial charge is 0.244 e. The first kappa shape index (κ1) is 15.3. The third-order valence-corrected chi connectivity index (χ3v) is 5.22. The molecular formula is C13H16N4O3S. The number of rotatable bonds is 3. The highest BCUT2D eigenvalue weighted by atomic mass is 32.2. The van der Waals surface area contributed by atoms with E-state index in [4.69, 9.17) is 11.0 Å². The van der Waals surface area contributed by atoms with E-state index in [0.29, 0.717) is 18.7 Å². The topological polar surface area (TPSA) is 116 Å². The molecule has 0 spiro atoms. The third-order valence-electron chi connectivity index (χ3n) is 3.30. The molecule has 1 aliphatic heterocycles. The Balaban J connectivity index is 2.28. The van der Waals surface area contributed by atoms with Crippen molar-refractivity contribution in [2.45, 2.75) is 24.3 Å². The van der Waals surface area contributed by atoms with Crippen LogP contribution in [0.5, 0.6) is 0 Å². The Morgan fingerprint density at radius 2 is 2.24 bits per heavy atom. The van der Waals surface area contributed by atoms with Crippen molar-refractivity contribution in [3.63, 3.8) is 0 Å². The van der Waals surface area contributed by atoms with Crippen molar-refractivity contribution >= 4 is 21.6 Å². The molecule has 1 aromatic carbocycles. The normalized spacial score (nSPS) is 19.1. The summed E-state index contributed by atoms with van der Waals surface area (Å²) < 4.78 is 26.4. The maximum absolute atomic E-state index is 12.6. The fourth-order valence-electron chi connectivity index (χ4n) is 2.35. The molecule has 1 unspecified atom stereocenters. The minimum Gasteiger partial charge on any atom is -0.399 e. The summed E-state index contributed by atoms with van der Waals surface area (Å²) in [4.78, 5) is 11.0. The molecule has 3 N–H and O–H groups in total. The van der Waals surface area contributed by atoms with Crippen LogP contribution >= 0.6 is 0 Å². The molecule has 7 nitrogen and oxygen atoms in total. The molecule has 0 aromatic heterocycles. The van der Waals surface area contributed by atoms with Crippen LogP contribution in [0.1, 0.15) is 18.9 Å². The van der Waals surface area contributed by atoms with Gasteiger partial charge in [-0.15, -0.1) is 0 Å². The summed E-state index contributed by atoms with van der Waals surface area (Å²) in [6.45, 7) is 1.91. The summed E-state index contributed by atoms with van der Waals surface area (Å²) in [7, 11) is -3.76. The zero-order valence-electron chi connectivity index (χ0n) is 11.5. The summed E-state index contributed by atoms with van der Waals surface area (Å²) in [5, 5.41) is 11.8. The number of nitrogens with one attached hydrogen (secondary N) is 1. The van der Waals surface area contributed by atoms with Crippen LogP contribution in [0.3, 0.4) is 0 Å². The van der Waals surface area contributed by atoms with Crippen molar-refractivity contribution in [3.8, 4) is 6.07 Å². The van der Waals surface area contributed by atoms with Gasteiger partial charge < -0.3 is 11.1 Å². The Morgan fingerprint density at radius 1 is 1.52 bits per heavy atom. The highest BCUT2D eigenvalue weighted by Crippen LogP contribution is 2.25. The second-order valence-corrected chi connectivity index (χ2v) is 6.82. The van der Waals surface area contributed by atoms with E-state index in [1.165, 1.54) is 29.4 Å². The molecule has 1 aliphatic rings. The van der Waals surface area contributed by atoms with Crippen LogP contribution in [0.15, 0.2) is 23.1 Å². The predicted octanol–water partition coefficient (Wildman–Crippen LogP) is 0.0396. The van der Waals surface area contributed by atoms with Crippen LogP contribution in [0.25, 0.3) is 0 Å². The van der Waals surface area contributed by atoms with Crippen LogP contribution in [-0.4, -0.2) is 37.8 Å². The molecule has 1 atom stereocenters. The van der Waals surface area contributed by atoms with Crippen molar-refractivity contribution in [2.75, 3.05) is 18.8 Å². The number of hydrogen-bond donors (Lipinski definition) is 2. The lowest BCUT2D eigenvalue weighted by atomic mass is 10.2. The quantitative estimate of drug-likeness (QED) is 0.765. The maximum Gasteiger partial charge on any atom is 0.244 e. The monoisotopic (exact) mass is 308 g/mol. The summed E-state index contributed by atoms with van der Waals surface area (Å²) >= 11 is 0. The number of carbonyl (C=O) groups is 1. The molecule has 8 heteroatoms. The first-order valence-electron chi connectivity index (χ1n) is 6.41. The van der Waals surface area contributed by atoms with Gasteiger partial charge in [0, 0.05) is 31.7 Å². The molecule has 0 saturated carbocycles. The molecule has 1 fully saturated rings. The van der Waals surface area contributed by atoms with E-state index in [9.17, 15) is 13.2 Å². The average molecular weight is 308 g/mol. The summed E-state index contributed by atoms with van der Waals surface area (Å²) in [5.41, 5.74) is 5.93. The van der Waals surface area contributed by atoms with Gasteiger partial charge in [0.2, 0.25) is 15.9 Å². The Labute approximate surface area is 123 Å². The van der Waals surface area contributed by atoms with Gasteiger partial charge in [0.1, 0.15) is 11.0 Å². The number of nitrogens with zero attached hydrogens (tertiary/aromatic N) is 2. The van der Waals surface area contributed by atoms with Gasteiger partial charge in [-0.1, -0.05) is 0 Å². The molecule has 1 amide bonds. The lowest BCUT2D eigenvalue weighted by molar-refractivity contribution is -0.119. The lowest BCUT2D eigenvalue weighted by Gasteiger charge is -2.17. The first-order chi connectivity index (χ1) is 9.84. The van der Waals surface area contributed by atoms with Crippen LogP contribution < -0.4 is 11.1 Å². The highest BCUT2D eigenvalue weighted by molar-refractivity contribution is 7.89. The fourth-order valence-corrected chi connectivity index (χ4v) is 3.97. The van der Waals surface area contributed by atoms with Gasteiger partial charge >= 0.3 is 0 Å². The number of hydrogen-bond acceptors (Lipinski definition) is 5. The molecule has 0 bridgehead atoms. The SMILES string of the molecule is CC(=O)NC1CCN(S(=O)(=O)c2ccc(N)cc2C#N)C1. The van der Waals surface area contributed by atoms with E-state index in [-0.39, 0.29) is 29.0 Å². The van der Waals surface area contributed by atoms with Crippen LogP contribution in [0, 0.1) is 11.3 Å². The number of amides is 1. The number of nitrogens with two attached hydrogens (primary N) is 1. The number of nitrogen functional groups attached to an aromatic ring is 1. The standard InChI is InChI=1S/C13H16N4O3S/c1-9(18)16-12-4-5-17(8-12)21(19,20)13-3-2-11(15)6-10(13)7-14/h2-3,6,12H,4-5,8,15H2,1H3,(H,16,18). The predicted molar refractivity (Wildman–Crippen MR) is 76.5 cm³/mol. The zero-order valence-corrected chi connectivity index (χ0v) is 12.4. The van der Waals surface area contributed by atoms with Crippen LogP contribution in [0.4, 0.5) is 5.69 Å². The summed E-state index contributed by atoms with van der Waals surface area (Å²) in [6, 6.07) is 5.79. The van der Waals surface area contributed by atoms with E-state index in [1.54, 1.807) is 0 Å². The third kappa shape index (κ3) is 3.15. The van der Waals surface area contributed by atoms with E-state index in [1.807, 2.05) is 6.07 Å². The van der Waals surface area contributed by atoms with E-state index < -0.39 is 10.0 Å².